The van der Waals surface area contributed by atoms with Gasteiger partial charge in [-0.2, -0.15) is 0 Å². The average molecular weight is 306 g/mol. The van der Waals surface area contributed by atoms with Gasteiger partial charge in [0.05, 0.1) is 7.11 Å². The molecule has 1 heterocycles. The van der Waals surface area contributed by atoms with Gasteiger partial charge in [0.25, 0.3) is 5.91 Å². The minimum atomic E-state index is 0.0273. The van der Waals surface area contributed by atoms with Crippen LogP contribution in [0.4, 0.5) is 0 Å². The maximum atomic E-state index is 12.3. The number of carbonyl (C=O) groups excluding carboxylic acids is 1. The molecule has 0 atom stereocenters. The SMILES string of the molecule is COc1ccccc1OCC(=O)N1CCN(C(C)(C)C)CC1. The van der Waals surface area contributed by atoms with Crippen LogP contribution >= 0.6 is 0 Å². The summed E-state index contributed by atoms with van der Waals surface area (Å²) in [6, 6.07) is 7.37. The van der Waals surface area contributed by atoms with E-state index in [9.17, 15) is 4.79 Å². The number of para-hydroxylation sites is 2. The molecular weight excluding hydrogens is 280 g/mol. The van der Waals surface area contributed by atoms with E-state index in [1.807, 2.05) is 29.2 Å². The fourth-order valence-corrected chi connectivity index (χ4v) is 2.60. The molecular formula is C17H26N2O3. The molecule has 0 aliphatic carbocycles. The van der Waals surface area contributed by atoms with E-state index in [-0.39, 0.29) is 18.1 Å². The number of hydrogen-bond donors (Lipinski definition) is 0. The van der Waals surface area contributed by atoms with Crippen molar-refractivity contribution in [3.8, 4) is 11.5 Å². The summed E-state index contributed by atoms with van der Waals surface area (Å²) in [5.41, 5.74) is 0.156. The van der Waals surface area contributed by atoms with E-state index in [0.29, 0.717) is 11.5 Å². The number of nitrogens with zero attached hydrogens (tertiary/aromatic N) is 2. The third-order valence-electron chi connectivity index (χ3n) is 4.00. The first kappa shape index (κ1) is 16.6. The number of rotatable bonds is 4. The molecule has 1 aliphatic heterocycles. The maximum absolute atomic E-state index is 12.3. The Labute approximate surface area is 132 Å². The van der Waals surface area contributed by atoms with Crippen molar-refractivity contribution in [2.75, 3.05) is 39.9 Å². The van der Waals surface area contributed by atoms with Gasteiger partial charge in [-0.25, -0.2) is 0 Å². The molecule has 1 saturated heterocycles. The summed E-state index contributed by atoms with van der Waals surface area (Å²) in [7, 11) is 1.59. The van der Waals surface area contributed by atoms with Gasteiger partial charge in [0, 0.05) is 31.7 Å². The molecule has 1 aromatic carbocycles. The first-order valence-electron chi connectivity index (χ1n) is 7.70. The average Bonchev–Trinajstić information content (AvgIpc) is 2.52. The van der Waals surface area contributed by atoms with E-state index in [1.165, 1.54) is 0 Å². The predicted octanol–water partition coefficient (Wildman–Crippen LogP) is 2.02. The molecule has 0 spiro atoms. The number of methoxy groups -OCH3 is 1. The van der Waals surface area contributed by atoms with Crippen LogP contribution in [0.15, 0.2) is 24.3 Å². The zero-order chi connectivity index (χ0) is 16.2. The Kier molecular flexibility index (Phi) is 5.29. The molecule has 2 rings (SSSR count). The van der Waals surface area contributed by atoms with E-state index in [1.54, 1.807) is 7.11 Å². The van der Waals surface area contributed by atoms with E-state index < -0.39 is 0 Å². The van der Waals surface area contributed by atoms with Crippen molar-refractivity contribution < 1.29 is 14.3 Å². The number of benzene rings is 1. The Morgan fingerprint density at radius 2 is 1.68 bits per heavy atom. The van der Waals surface area contributed by atoms with Crippen molar-refractivity contribution in [2.24, 2.45) is 0 Å². The van der Waals surface area contributed by atoms with Crippen molar-refractivity contribution in [1.29, 1.82) is 0 Å². The number of hydrogen-bond acceptors (Lipinski definition) is 4. The number of piperazine rings is 1. The topological polar surface area (TPSA) is 42.0 Å². The summed E-state index contributed by atoms with van der Waals surface area (Å²) in [5, 5.41) is 0. The summed E-state index contributed by atoms with van der Waals surface area (Å²) in [4.78, 5) is 16.5. The lowest BCUT2D eigenvalue weighted by molar-refractivity contribution is -0.135. The highest BCUT2D eigenvalue weighted by Crippen LogP contribution is 2.25. The normalized spacial score (nSPS) is 16.5. The molecule has 1 aliphatic rings. The first-order chi connectivity index (χ1) is 10.4. The van der Waals surface area contributed by atoms with Crippen molar-refractivity contribution in [1.82, 2.24) is 9.80 Å². The van der Waals surface area contributed by atoms with Crippen molar-refractivity contribution >= 4 is 5.91 Å². The van der Waals surface area contributed by atoms with Gasteiger partial charge >= 0.3 is 0 Å². The second-order valence-corrected chi connectivity index (χ2v) is 6.48. The fraction of sp³-hybridized carbons (Fsp3) is 0.588. The molecule has 1 aromatic rings. The highest BCUT2D eigenvalue weighted by atomic mass is 16.5. The molecule has 0 radical (unpaired) electrons. The molecule has 0 bridgehead atoms. The molecule has 1 amide bonds. The lowest BCUT2D eigenvalue weighted by Gasteiger charge is -2.42. The molecule has 122 valence electrons. The Morgan fingerprint density at radius 1 is 1.09 bits per heavy atom. The molecule has 0 aromatic heterocycles. The van der Waals surface area contributed by atoms with Gasteiger partial charge in [-0.15, -0.1) is 0 Å². The van der Waals surface area contributed by atoms with Gasteiger partial charge in [0.2, 0.25) is 0 Å². The Balaban J connectivity index is 1.84. The van der Waals surface area contributed by atoms with Gasteiger partial charge in [-0.1, -0.05) is 12.1 Å². The fourth-order valence-electron chi connectivity index (χ4n) is 2.60. The molecule has 0 saturated carbocycles. The Morgan fingerprint density at radius 3 is 2.23 bits per heavy atom. The third-order valence-corrected chi connectivity index (χ3v) is 4.00. The second kappa shape index (κ2) is 7.01. The molecule has 1 fully saturated rings. The van der Waals surface area contributed by atoms with Crippen molar-refractivity contribution in [2.45, 2.75) is 26.3 Å². The summed E-state index contributed by atoms with van der Waals surface area (Å²) < 4.78 is 10.8. The highest BCUT2D eigenvalue weighted by molar-refractivity contribution is 5.78. The van der Waals surface area contributed by atoms with Crippen LogP contribution in [0.25, 0.3) is 0 Å². The first-order valence-corrected chi connectivity index (χ1v) is 7.70. The standard InChI is InChI=1S/C17H26N2O3/c1-17(2,3)19-11-9-18(10-12-19)16(20)13-22-15-8-6-5-7-14(15)21-4/h5-8H,9-13H2,1-4H3. The maximum Gasteiger partial charge on any atom is 0.260 e. The van der Waals surface area contributed by atoms with E-state index in [0.717, 1.165) is 26.2 Å². The van der Waals surface area contributed by atoms with Crippen LogP contribution in [0.5, 0.6) is 11.5 Å². The van der Waals surface area contributed by atoms with E-state index in [2.05, 4.69) is 25.7 Å². The predicted molar refractivity (Wildman–Crippen MR) is 86.4 cm³/mol. The zero-order valence-electron chi connectivity index (χ0n) is 14.0. The number of carbonyl (C=O) groups is 1. The van der Waals surface area contributed by atoms with Gasteiger partial charge < -0.3 is 14.4 Å². The number of amides is 1. The van der Waals surface area contributed by atoms with Gasteiger partial charge in [0.15, 0.2) is 18.1 Å². The lowest BCUT2D eigenvalue weighted by Crippen LogP contribution is -2.55. The third kappa shape index (κ3) is 4.13. The number of ether oxygens (including phenoxy) is 2. The van der Waals surface area contributed by atoms with Crippen LogP contribution in [-0.2, 0) is 4.79 Å². The quantitative estimate of drug-likeness (QED) is 0.853. The van der Waals surface area contributed by atoms with Crippen LogP contribution < -0.4 is 9.47 Å². The molecule has 0 unspecified atom stereocenters. The minimum absolute atomic E-state index is 0.0273. The van der Waals surface area contributed by atoms with Crippen LogP contribution in [0.2, 0.25) is 0 Å². The summed E-state index contributed by atoms with van der Waals surface area (Å²) in [6.07, 6.45) is 0. The molecule has 22 heavy (non-hydrogen) atoms. The van der Waals surface area contributed by atoms with Gasteiger partial charge in [-0.3, -0.25) is 9.69 Å². The Hall–Kier alpha value is -1.75. The highest BCUT2D eigenvalue weighted by Gasteiger charge is 2.27. The van der Waals surface area contributed by atoms with Gasteiger partial charge in [0.1, 0.15) is 0 Å². The van der Waals surface area contributed by atoms with Gasteiger partial charge in [-0.05, 0) is 32.9 Å². The van der Waals surface area contributed by atoms with Crippen LogP contribution in [0.1, 0.15) is 20.8 Å². The monoisotopic (exact) mass is 306 g/mol. The molecule has 5 nitrogen and oxygen atoms in total. The van der Waals surface area contributed by atoms with Crippen LogP contribution in [0.3, 0.4) is 0 Å². The zero-order valence-corrected chi connectivity index (χ0v) is 14.0. The molecule has 0 N–H and O–H groups in total. The van der Waals surface area contributed by atoms with E-state index >= 15 is 0 Å². The van der Waals surface area contributed by atoms with Crippen molar-refractivity contribution in [3.05, 3.63) is 24.3 Å². The lowest BCUT2D eigenvalue weighted by atomic mass is 10.1. The smallest absolute Gasteiger partial charge is 0.260 e. The largest absolute Gasteiger partial charge is 0.493 e. The van der Waals surface area contributed by atoms with Crippen molar-refractivity contribution in [3.63, 3.8) is 0 Å². The second-order valence-electron chi connectivity index (χ2n) is 6.48. The summed E-state index contributed by atoms with van der Waals surface area (Å²) in [6.45, 7) is 9.99. The Bertz CT molecular complexity index is 503. The molecule has 5 heteroatoms. The van der Waals surface area contributed by atoms with Crippen LogP contribution in [-0.4, -0.2) is 61.1 Å². The minimum Gasteiger partial charge on any atom is -0.493 e. The van der Waals surface area contributed by atoms with E-state index in [4.69, 9.17) is 9.47 Å². The summed E-state index contributed by atoms with van der Waals surface area (Å²) in [5.74, 6) is 1.28. The summed E-state index contributed by atoms with van der Waals surface area (Å²) >= 11 is 0. The van der Waals surface area contributed by atoms with Crippen LogP contribution in [0, 0.1) is 0 Å².